The van der Waals surface area contributed by atoms with Gasteiger partial charge in [0, 0.05) is 13.1 Å². The molecule has 1 fully saturated rings. The van der Waals surface area contributed by atoms with Crippen molar-refractivity contribution >= 4 is 12.0 Å². The molecule has 0 aliphatic carbocycles. The van der Waals surface area contributed by atoms with Gasteiger partial charge in [-0.1, -0.05) is 6.58 Å². The Kier molecular flexibility index (Phi) is 3.50. The molecule has 0 aromatic carbocycles. The fourth-order valence-corrected chi connectivity index (χ4v) is 1.43. The molecule has 0 aromatic rings. The Bertz CT molecular complexity index is 252. The number of hydrogen-bond donors (Lipinski definition) is 1. The molecule has 1 atom stereocenters. The molecule has 1 rings (SSSR count). The van der Waals surface area contributed by atoms with E-state index in [0.717, 1.165) is 6.42 Å². The van der Waals surface area contributed by atoms with E-state index < -0.39 is 6.09 Å². The Morgan fingerprint density at radius 3 is 2.93 bits per heavy atom. The van der Waals surface area contributed by atoms with Crippen molar-refractivity contribution < 1.29 is 14.3 Å². The molecular formula is C9H14N2O3. The zero-order valence-electron chi connectivity index (χ0n) is 8.16. The highest BCUT2D eigenvalue weighted by atomic mass is 16.5. The van der Waals surface area contributed by atoms with Crippen molar-refractivity contribution in [2.45, 2.75) is 12.5 Å². The number of amides is 2. The van der Waals surface area contributed by atoms with Gasteiger partial charge in [-0.2, -0.15) is 0 Å². The van der Waals surface area contributed by atoms with E-state index in [2.05, 4.69) is 16.6 Å². The Morgan fingerprint density at radius 2 is 2.36 bits per heavy atom. The molecule has 1 unspecified atom stereocenters. The number of rotatable bonds is 2. The van der Waals surface area contributed by atoms with Crippen LogP contribution in [0.4, 0.5) is 4.79 Å². The van der Waals surface area contributed by atoms with Crippen molar-refractivity contribution in [1.29, 1.82) is 0 Å². The van der Waals surface area contributed by atoms with Gasteiger partial charge in [-0.05, 0) is 12.5 Å². The third kappa shape index (κ3) is 2.48. The van der Waals surface area contributed by atoms with E-state index in [-0.39, 0.29) is 11.9 Å². The molecule has 1 saturated heterocycles. The molecule has 14 heavy (non-hydrogen) atoms. The third-order valence-electron chi connectivity index (χ3n) is 2.18. The zero-order chi connectivity index (χ0) is 10.6. The molecule has 0 bridgehead atoms. The quantitative estimate of drug-likeness (QED) is 0.641. The monoisotopic (exact) mass is 198 g/mol. The predicted octanol–water partition coefficient (Wildman–Crippen LogP) is 0.129. The fraction of sp³-hybridized carbons (Fsp3) is 0.556. The molecule has 0 spiro atoms. The van der Waals surface area contributed by atoms with Gasteiger partial charge in [0.15, 0.2) is 0 Å². The summed E-state index contributed by atoms with van der Waals surface area (Å²) in [6, 6.07) is -0.00801. The second-order valence-electron chi connectivity index (χ2n) is 3.11. The van der Waals surface area contributed by atoms with Crippen molar-refractivity contribution in [3.05, 3.63) is 12.7 Å². The Hall–Kier alpha value is -1.52. The number of nitrogens with one attached hydrogen (secondary N) is 1. The predicted molar refractivity (Wildman–Crippen MR) is 50.7 cm³/mol. The highest BCUT2D eigenvalue weighted by Crippen LogP contribution is 2.09. The molecule has 1 aliphatic rings. The largest absolute Gasteiger partial charge is 0.453 e. The number of likely N-dealkylation sites (tertiary alicyclic amines) is 1. The van der Waals surface area contributed by atoms with Crippen LogP contribution in [0.1, 0.15) is 6.42 Å². The van der Waals surface area contributed by atoms with Gasteiger partial charge in [-0.15, -0.1) is 0 Å². The van der Waals surface area contributed by atoms with Gasteiger partial charge in [0.2, 0.25) is 5.91 Å². The van der Waals surface area contributed by atoms with E-state index in [9.17, 15) is 9.59 Å². The van der Waals surface area contributed by atoms with E-state index in [4.69, 9.17) is 0 Å². The van der Waals surface area contributed by atoms with E-state index in [1.807, 2.05) is 0 Å². The number of carbonyl (C=O) groups is 2. The Labute approximate surface area is 82.7 Å². The summed E-state index contributed by atoms with van der Waals surface area (Å²) in [5.41, 5.74) is 0. The van der Waals surface area contributed by atoms with Crippen molar-refractivity contribution in [2.24, 2.45) is 0 Å². The van der Waals surface area contributed by atoms with E-state index >= 15 is 0 Å². The fourth-order valence-electron chi connectivity index (χ4n) is 1.43. The smallest absolute Gasteiger partial charge is 0.407 e. The normalized spacial score (nSPS) is 20.4. The van der Waals surface area contributed by atoms with Crippen LogP contribution in [0.2, 0.25) is 0 Å². The molecule has 5 heteroatoms. The topological polar surface area (TPSA) is 58.6 Å². The van der Waals surface area contributed by atoms with E-state index in [1.54, 1.807) is 4.90 Å². The van der Waals surface area contributed by atoms with Crippen LogP contribution in [0.25, 0.3) is 0 Å². The van der Waals surface area contributed by atoms with Gasteiger partial charge in [0.1, 0.15) is 0 Å². The first-order valence-corrected chi connectivity index (χ1v) is 4.43. The molecule has 78 valence electrons. The average molecular weight is 198 g/mol. The number of carbonyl (C=O) groups excluding carboxylic acids is 2. The maximum absolute atomic E-state index is 11.2. The first kappa shape index (κ1) is 10.6. The lowest BCUT2D eigenvalue weighted by Crippen LogP contribution is -2.37. The first-order valence-electron chi connectivity index (χ1n) is 4.43. The van der Waals surface area contributed by atoms with Crippen LogP contribution in [0.5, 0.6) is 0 Å². The maximum atomic E-state index is 11.2. The lowest BCUT2D eigenvalue weighted by molar-refractivity contribution is -0.125. The van der Waals surface area contributed by atoms with Gasteiger partial charge < -0.3 is 15.0 Å². The Morgan fingerprint density at radius 1 is 1.64 bits per heavy atom. The summed E-state index contributed by atoms with van der Waals surface area (Å²) >= 11 is 0. The summed E-state index contributed by atoms with van der Waals surface area (Å²) in [6.07, 6.45) is 1.58. The van der Waals surface area contributed by atoms with Gasteiger partial charge in [0.25, 0.3) is 0 Å². The molecule has 5 nitrogen and oxygen atoms in total. The van der Waals surface area contributed by atoms with Crippen LogP contribution >= 0.6 is 0 Å². The summed E-state index contributed by atoms with van der Waals surface area (Å²) in [4.78, 5) is 23.7. The summed E-state index contributed by atoms with van der Waals surface area (Å²) < 4.78 is 4.46. The van der Waals surface area contributed by atoms with Crippen LogP contribution in [-0.4, -0.2) is 43.1 Å². The van der Waals surface area contributed by atoms with Crippen molar-refractivity contribution in [2.75, 3.05) is 20.2 Å². The minimum Gasteiger partial charge on any atom is -0.453 e. The molecular weight excluding hydrogens is 184 g/mol. The summed E-state index contributed by atoms with van der Waals surface area (Å²) in [5, 5.41) is 2.65. The number of methoxy groups -OCH3 is 1. The molecule has 1 N–H and O–H groups in total. The number of alkyl carbamates (subject to hydrolysis) is 1. The second kappa shape index (κ2) is 4.64. The lowest BCUT2D eigenvalue weighted by atomic mass is 10.3. The van der Waals surface area contributed by atoms with E-state index in [1.165, 1.54) is 13.2 Å². The number of hydrogen-bond acceptors (Lipinski definition) is 3. The molecule has 1 aliphatic heterocycles. The van der Waals surface area contributed by atoms with Crippen molar-refractivity contribution in [3.8, 4) is 0 Å². The van der Waals surface area contributed by atoms with Crippen LogP contribution in [0.15, 0.2) is 12.7 Å². The van der Waals surface area contributed by atoms with Crippen LogP contribution in [-0.2, 0) is 9.53 Å². The molecule has 2 amide bonds. The average Bonchev–Trinajstić information content (AvgIpc) is 2.65. The Balaban J connectivity index is 2.37. The summed E-state index contributed by atoms with van der Waals surface area (Å²) in [5.74, 6) is -0.0980. The molecule has 0 saturated carbocycles. The molecule has 0 aromatic heterocycles. The summed E-state index contributed by atoms with van der Waals surface area (Å²) in [6.45, 7) is 4.58. The van der Waals surface area contributed by atoms with Crippen LogP contribution < -0.4 is 5.32 Å². The van der Waals surface area contributed by atoms with Crippen LogP contribution in [0.3, 0.4) is 0 Å². The van der Waals surface area contributed by atoms with E-state index in [0.29, 0.717) is 13.1 Å². The SMILES string of the molecule is C=CC(=O)N1CCC(NC(=O)OC)C1. The number of nitrogens with zero attached hydrogens (tertiary/aromatic N) is 1. The summed E-state index contributed by atoms with van der Waals surface area (Å²) in [7, 11) is 1.32. The van der Waals surface area contributed by atoms with Gasteiger partial charge >= 0.3 is 6.09 Å². The third-order valence-corrected chi connectivity index (χ3v) is 2.18. The minimum atomic E-state index is -0.456. The standard InChI is InChI=1S/C9H14N2O3/c1-3-8(12)11-5-4-7(6-11)10-9(13)14-2/h3,7H,1,4-6H2,2H3,(H,10,13). The highest BCUT2D eigenvalue weighted by molar-refractivity contribution is 5.87. The van der Waals surface area contributed by atoms with Crippen LogP contribution in [0, 0.1) is 0 Å². The number of ether oxygens (including phenoxy) is 1. The first-order chi connectivity index (χ1) is 6.67. The van der Waals surface area contributed by atoms with Gasteiger partial charge in [0.05, 0.1) is 13.2 Å². The maximum Gasteiger partial charge on any atom is 0.407 e. The molecule has 1 heterocycles. The molecule has 0 radical (unpaired) electrons. The second-order valence-corrected chi connectivity index (χ2v) is 3.11. The van der Waals surface area contributed by atoms with Crippen molar-refractivity contribution in [3.63, 3.8) is 0 Å². The van der Waals surface area contributed by atoms with Crippen molar-refractivity contribution in [1.82, 2.24) is 10.2 Å². The lowest BCUT2D eigenvalue weighted by Gasteiger charge is -2.14. The zero-order valence-corrected chi connectivity index (χ0v) is 8.16. The highest BCUT2D eigenvalue weighted by Gasteiger charge is 2.25. The van der Waals surface area contributed by atoms with Gasteiger partial charge in [-0.3, -0.25) is 4.79 Å². The van der Waals surface area contributed by atoms with Gasteiger partial charge in [-0.25, -0.2) is 4.79 Å². The minimum absolute atomic E-state index is 0.00801.